The predicted octanol–water partition coefficient (Wildman–Crippen LogP) is 2.41. The highest BCUT2D eigenvalue weighted by Gasteiger charge is 2.40. The average Bonchev–Trinajstić information content (AvgIpc) is 2.97. The molecule has 2 fully saturated rings. The summed E-state index contributed by atoms with van der Waals surface area (Å²) >= 11 is 0. The largest absolute Gasteiger partial charge is 0.350 e. The van der Waals surface area contributed by atoms with E-state index < -0.39 is 0 Å². The van der Waals surface area contributed by atoms with Gasteiger partial charge in [0.15, 0.2) is 0 Å². The highest BCUT2D eigenvalue weighted by atomic mass is 16.1. The number of fused-ring (bicyclic) bond motifs is 3. The number of aryl methyl sites for hydroxylation is 1. The summed E-state index contributed by atoms with van der Waals surface area (Å²) in [5.74, 6) is 1.36. The van der Waals surface area contributed by atoms with Gasteiger partial charge in [-0.15, -0.1) is 0 Å². The second-order valence-electron chi connectivity index (χ2n) is 7.57. The molecule has 0 saturated heterocycles. The van der Waals surface area contributed by atoms with E-state index in [-0.39, 0.29) is 11.8 Å². The molecular formula is C19H26N4O. The van der Waals surface area contributed by atoms with Crippen LogP contribution in [-0.2, 0) is 11.3 Å². The van der Waals surface area contributed by atoms with Crippen molar-refractivity contribution >= 4 is 11.6 Å². The topological polar surface area (TPSA) is 72.4 Å². The molecule has 2 atom stereocenters. The zero-order chi connectivity index (χ0) is 16.7. The monoisotopic (exact) mass is 326 g/mol. The summed E-state index contributed by atoms with van der Waals surface area (Å²) in [5.41, 5.74) is 9.33. The van der Waals surface area contributed by atoms with Crippen molar-refractivity contribution < 1.29 is 4.79 Å². The first-order valence-electron chi connectivity index (χ1n) is 9.08. The number of nitrogens with two attached hydrogens (primary N) is 1. The van der Waals surface area contributed by atoms with Gasteiger partial charge in [-0.3, -0.25) is 4.79 Å². The summed E-state index contributed by atoms with van der Waals surface area (Å²) in [7, 11) is 0. The number of hydrogen-bond donors (Lipinski definition) is 2. The summed E-state index contributed by atoms with van der Waals surface area (Å²) in [6.07, 6.45) is 9.54. The van der Waals surface area contributed by atoms with E-state index in [4.69, 9.17) is 5.73 Å². The molecule has 0 aliphatic heterocycles. The molecule has 0 aromatic carbocycles. The number of carbonyl (C=O) groups is 1. The standard InChI is InChI=1S/C19H26N4O/c1-12-4-3-7-23-11-16(22-18(12)23)10-21-19(24)15-8-13-5-2-6-14(9-15)17(13)20/h3-4,7,11,13-15,17H,2,5-6,8-10,20H2,1H3,(H,21,24). The third kappa shape index (κ3) is 2.81. The Morgan fingerprint density at radius 3 is 2.83 bits per heavy atom. The van der Waals surface area contributed by atoms with Crippen molar-refractivity contribution in [2.45, 2.75) is 51.6 Å². The lowest BCUT2D eigenvalue weighted by molar-refractivity contribution is -0.128. The molecule has 128 valence electrons. The van der Waals surface area contributed by atoms with E-state index in [1.165, 1.54) is 19.3 Å². The van der Waals surface area contributed by atoms with Gasteiger partial charge >= 0.3 is 0 Å². The molecule has 5 nitrogen and oxygen atoms in total. The lowest BCUT2D eigenvalue weighted by atomic mass is 9.65. The zero-order valence-corrected chi connectivity index (χ0v) is 14.2. The first-order valence-corrected chi connectivity index (χ1v) is 9.08. The number of aromatic nitrogens is 2. The maximum atomic E-state index is 12.6. The van der Waals surface area contributed by atoms with Crippen LogP contribution in [0.2, 0.25) is 0 Å². The summed E-state index contributed by atoms with van der Waals surface area (Å²) in [6.45, 7) is 2.55. The molecule has 3 N–H and O–H groups in total. The van der Waals surface area contributed by atoms with Crippen LogP contribution < -0.4 is 11.1 Å². The molecule has 2 saturated carbocycles. The van der Waals surface area contributed by atoms with Crippen LogP contribution in [-0.4, -0.2) is 21.3 Å². The fourth-order valence-electron chi connectivity index (χ4n) is 4.61. The van der Waals surface area contributed by atoms with Crippen molar-refractivity contribution in [1.29, 1.82) is 0 Å². The third-order valence-electron chi connectivity index (χ3n) is 5.96. The number of rotatable bonds is 3. The van der Waals surface area contributed by atoms with E-state index >= 15 is 0 Å². The molecule has 4 rings (SSSR count). The van der Waals surface area contributed by atoms with Crippen molar-refractivity contribution in [2.75, 3.05) is 0 Å². The van der Waals surface area contributed by atoms with Crippen LogP contribution in [0.5, 0.6) is 0 Å². The van der Waals surface area contributed by atoms with Gasteiger partial charge in [0.1, 0.15) is 5.65 Å². The Balaban J connectivity index is 1.40. The molecule has 1 amide bonds. The third-order valence-corrected chi connectivity index (χ3v) is 5.96. The number of nitrogens with zero attached hydrogens (tertiary/aromatic N) is 2. The second-order valence-corrected chi connectivity index (χ2v) is 7.57. The summed E-state index contributed by atoms with van der Waals surface area (Å²) in [5, 5.41) is 3.10. The molecule has 0 spiro atoms. The molecular weight excluding hydrogens is 300 g/mol. The Morgan fingerprint density at radius 2 is 2.12 bits per heavy atom. The van der Waals surface area contributed by atoms with Crippen LogP contribution in [0.1, 0.15) is 43.4 Å². The predicted molar refractivity (Wildman–Crippen MR) is 93.3 cm³/mol. The van der Waals surface area contributed by atoms with E-state index in [1.54, 1.807) is 0 Å². The maximum Gasteiger partial charge on any atom is 0.223 e. The zero-order valence-electron chi connectivity index (χ0n) is 14.2. The van der Waals surface area contributed by atoms with Crippen molar-refractivity contribution in [1.82, 2.24) is 14.7 Å². The van der Waals surface area contributed by atoms with Gasteiger partial charge in [0.25, 0.3) is 0 Å². The van der Waals surface area contributed by atoms with E-state index in [1.807, 2.05) is 22.9 Å². The summed E-state index contributed by atoms with van der Waals surface area (Å²) < 4.78 is 2.01. The number of imidazole rings is 1. The van der Waals surface area contributed by atoms with Gasteiger partial charge in [0.05, 0.1) is 12.2 Å². The maximum absolute atomic E-state index is 12.6. The van der Waals surface area contributed by atoms with Crippen molar-refractivity contribution in [3.05, 3.63) is 35.8 Å². The number of amides is 1. The smallest absolute Gasteiger partial charge is 0.223 e. The highest BCUT2D eigenvalue weighted by Crippen LogP contribution is 2.41. The van der Waals surface area contributed by atoms with Crippen molar-refractivity contribution in [2.24, 2.45) is 23.5 Å². The number of nitrogens with one attached hydrogen (secondary N) is 1. The quantitative estimate of drug-likeness (QED) is 0.910. The Bertz CT molecular complexity index is 739. The first-order chi connectivity index (χ1) is 11.6. The van der Waals surface area contributed by atoms with E-state index in [9.17, 15) is 4.79 Å². The van der Waals surface area contributed by atoms with E-state index in [0.717, 1.165) is 29.7 Å². The molecule has 2 bridgehead atoms. The molecule has 2 aliphatic rings. The van der Waals surface area contributed by atoms with Crippen LogP contribution in [0.4, 0.5) is 0 Å². The molecule has 24 heavy (non-hydrogen) atoms. The number of carbonyl (C=O) groups excluding carboxylic acids is 1. The minimum atomic E-state index is 0.124. The average molecular weight is 326 g/mol. The molecule has 2 aliphatic carbocycles. The normalized spacial score (nSPS) is 29.6. The minimum Gasteiger partial charge on any atom is -0.350 e. The van der Waals surface area contributed by atoms with Gasteiger partial charge in [-0.25, -0.2) is 4.98 Å². The number of hydrogen-bond acceptors (Lipinski definition) is 3. The fourth-order valence-corrected chi connectivity index (χ4v) is 4.61. The molecule has 2 unspecified atom stereocenters. The van der Waals surface area contributed by atoms with Gasteiger partial charge in [0, 0.05) is 24.4 Å². The molecule has 2 heterocycles. The Morgan fingerprint density at radius 1 is 1.38 bits per heavy atom. The minimum absolute atomic E-state index is 0.124. The summed E-state index contributed by atoms with van der Waals surface area (Å²) in [4.78, 5) is 17.2. The SMILES string of the molecule is Cc1cccn2cc(CNC(=O)C3CC4CCCC(C3)C4N)nc12. The Kier molecular flexibility index (Phi) is 4.04. The molecule has 2 aromatic heterocycles. The van der Waals surface area contributed by atoms with Gasteiger partial charge in [-0.05, 0) is 56.1 Å². The second kappa shape index (κ2) is 6.20. The van der Waals surface area contributed by atoms with Crippen LogP contribution in [0.3, 0.4) is 0 Å². The molecule has 0 radical (unpaired) electrons. The lowest BCUT2D eigenvalue weighted by Crippen LogP contribution is -2.49. The van der Waals surface area contributed by atoms with Crippen molar-refractivity contribution in [3.63, 3.8) is 0 Å². The fraction of sp³-hybridized carbons (Fsp3) is 0.579. The van der Waals surface area contributed by atoms with Gasteiger partial charge < -0.3 is 15.5 Å². The summed E-state index contributed by atoms with van der Waals surface area (Å²) in [6, 6.07) is 4.37. The van der Waals surface area contributed by atoms with Crippen LogP contribution in [0.25, 0.3) is 5.65 Å². The van der Waals surface area contributed by atoms with Crippen molar-refractivity contribution in [3.8, 4) is 0 Å². The van der Waals surface area contributed by atoms with E-state index in [2.05, 4.69) is 23.3 Å². The van der Waals surface area contributed by atoms with Gasteiger partial charge in [-0.2, -0.15) is 0 Å². The van der Waals surface area contributed by atoms with Gasteiger partial charge in [-0.1, -0.05) is 12.5 Å². The highest BCUT2D eigenvalue weighted by molar-refractivity contribution is 5.78. The Labute approximate surface area is 142 Å². The van der Waals surface area contributed by atoms with E-state index in [0.29, 0.717) is 24.4 Å². The van der Waals surface area contributed by atoms with Crippen LogP contribution >= 0.6 is 0 Å². The molecule has 5 heteroatoms. The van der Waals surface area contributed by atoms with Crippen LogP contribution in [0.15, 0.2) is 24.5 Å². The lowest BCUT2D eigenvalue weighted by Gasteiger charge is -2.43. The first kappa shape index (κ1) is 15.6. The van der Waals surface area contributed by atoms with Crippen LogP contribution in [0, 0.1) is 24.7 Å². The number of pyridine rings is 1. The Hall–Kier alpha value is -1.88. The molecule has 2 aromatic rings. The van der Waals surface area contributed by atoms with Gasteiger partial charge in [0.2, 0.25) is 5.91 Å².